The lowest BCUT2D eigenvalue weighted by atomic mass is 9.56. The smallest absolute Gasteiger partial charge is 0.415 e. The van der Waals surface area contributed by atoms with Crippen molar-refractivity contribution in [2.24, 2.45) is 17.8 Å². The highest BCUT2D eigenvalue weighted by molar-refractivity contribution is 5.93. The van der Waals surface area contributed by atoms with Crippen LogP contribution in [0.4, 0.5) is 10.5 Å². The van der Waals surface area contributed by atoms with Crippen molar-refractivity contribution in [1.82, 2.24) is 24.3 Å². The van der Waals surface area contributed by atoms with Crippen molar-refractivity contribution in [2.45, 2.75) is 161 Å². The molecule has 2 aromatic carbocycles. The van der Waals surface area contributed by atoms with Crippen LogP contribution in [0.1, 0.15) is 145 Å². The summed E-state index contributed by atoms with van der Waals surface area (Å²) >= 11 is 0. The molecular formula is C64H78N6O10. The quantitative estimate of drug-likeness (QED) is 0.0774. The van der Waals surface area contributed by atoms with E-state index in [0.29, 0.717) is 54.5 Å². The zero-order valence-corrected chi connectivity index (χ0v) is 47.9. The molecule has 7 aliphatic rings. The summed E-state index contributed by atoms with van der Waals surface area (Å²) in [5.74, 6) is 0.0876. The second kappa shape index (κ2) is 21.8. The molecule has 2 aromatic heterocycles. The summed E-state index contributed by atoms with van der Waals surface area (Å²) in [5.41, 5.74) is 7.09. The molecule has 1 amide bonds. The van der Waals surface area contributed by atoms with Crippen molar-refractivity contribution in [3.05, 3.63) is 109 Å². The van der Waals surface area contributed by atoms with Crippen molar-refractivity contribution < 1.29 is 43.3 Å². The molecule has 1 saturated heterocycles. The molecule has 0 bridgehead atoms. The number of pyridine rings is 2. The Hall–Kier alpha value is -6.49. The molecule has 4 aliphatic carbocycles. The van der Waals surface area contributed by atoms with Gasteiger partial charge in [0, 0.05) is 98.3 Å². The van der Waals surface area contributed by atoms with Gasteiger partial charge in [-0.2, -0.15) is 0 Å². The summed E-state index contributed by atoms with van der Waals surface area (Å²) in [6.07, 6.45) is 11.2. The Labute approximate surface area is 469 Å². The summed E-state index contributed by atoms with van der Waals surface area (Å²) in [4.78, 5) is 92.9. The van der Waals surface area contributed by atoms with Crippen LogP contribution >= 0.6 is 0 Å². The summed E-state index contributed by atoms with van der Waals surface area (Å²) in [5, 5.41) is 12.2. The minimum atomic E-state index is -1.91. The number of fused-ring (bicyclic) bond motifs is 9. The summed E-state index contributed by atoms with van der Waals surface area (Å²) in [6, 6.07) is 16.4. The van der Waals surface area contributed by atoms with Gasteiger partial charge >= 0.3 is 18.0 Å². The lowest BCUT2D eigenvalue weighted by Crippen LogP contribution is -2.58. The Morgan fingerprint density at radius 3 is 2.42 bits per heavy atom. The van der Waals surface area contributed by atoms with E-state index in [1.54, 1.807) is 30.5 Å². The monoisotopic (exact) mass is 1090 g/mol. The van der Waals surface area contributed by atoms with Crippen LogP contribution < -0.4 is 15.2 Å². The van der Waals surface area contributed by atoms with Crippen LogP contribution in [0.3, 0.4) is 0 Å². The lowest BCUT2D eigenvalue weighted by Gasteiger charge is -2.49. The van der Waals surface area contributed by atoms with E-state index in [4.69, 9.17) is 19.2 Å². The average Bonchev–Trinajstić information content (AvgIpc) is 4.15. The fourth-order valence-electron chi connectivity index (χ4n) is 15.2. The zero-order chi connectivity index (χ0) is 56.5. The first-order valence-corrected chi connectivity index (χ1v) is 29.3. The van der Waals surface area contributed by atoms with Gasteiger partial charge in [0.15, 0.2) is 22.8 Å². The number of ether oxygens (including phenoxy) is 3. The predicted molar refractivity (Wildman–Crippen MR) is 304 cm³/mol. The lowest BCUT2D eigenvalue weighted by molar-refractivity contribution is -0.172. The number of aliphatic hydroxyl groups is 1. The van der Waals surface area contributed by atoms with Crippen LogP contribution in [0.2, 0.25) is 0 Å². The molecule has 80 heavy (non-hydrogen) atoms. The largest absolute Gasteiger partial charge is 0.458 e. The number of esters is 2. The second-order valence-electron chi connectivity index (χ2n) is 24.4. The summed E-state index contributed by atoms with van der Waals surface area (Å²) < 4.78 is 19.2. The Bertz CT molecular complexity index is 3310. The Balaban J connectivity index is 0.689. The summed E-state index contributed by atoms with van der Waals surface area (Å²) in [6.45, 7) is 12.7. The van der Waals surface area contributed by atoms with Gasteiger partial charge in [0.2, 0.25) is 0 Å². The number of carbonyl (C=O) groups is 5. The SMILES string of the molecule is CC[C@@]1(O)C(=O)OCc2c1cc1n(c2=O)Cc2cc3c(CN(C)C)c(OC(=O)N4C[C@H](C)N(CCCCCCN(C)c5ccc([C@H]6CC7[C@@H](CC[C@]7(OC(C)=O)C(C)=O)[C@@H]7CCC8=CC(=O)CCC8=C76)cc5)C[C@H]4C)ccc3nc2-1. The third-order valence-electron chi connectivity index (χ3n) is 19.3. The first-order chi connectivity index (χ1) is 38.3. The Morgan fingerprint density at radius 1 is 0.912 bits per heavy atom. The number of cyclic esters (lactones) is 1. The molecule has 11 rings (SSSR count). The molecule has 1 N–H and O–H groups in total. The molecule has 3 fully saturated rings. The van der Waals surface area contributed by atoms with E-state index < -0.39 is 23.1 Å². The number of allylic oxidation sites excluding steroid dienone is 4. The van der Waals surface area contributed by atoms with Crippen LogP contribution in [0.25, 0.3) is 22.3 Å². The number of benzene rings is 2. The van der Waals surface area contributed by atoms with E-state index in [1.807, 2.05) is 42.1 Å². The van der Waals surface area contributed by atoms with E-state index in [9.17, 15) is 33.9 Å². The van der Waals surface area contributed by atoms with Crippen LogP contribution in [0.15, 0.2) is 76.1 Å². The first-order valence-electron chi connectivity index (χ1n) is 29.3. The van der Waals surface area contributed by atoms with Gasteiger partial charge in [0.05, 0.1) is 29.0 Å². The van der Waals surface area contributed by atoms with E-state index in [-0.39, 0.29) is 83.8 Å². The van der Waals surface area contributed by atoms with E-state index in [1.165, 1.54) is 29.2 Å². The van der Waals surface area contributed by atoms with Gasteiger partial charge in [-0.25, -0.2) is 14.6 Å². The number of amides is 1. The minimum Gasteiger partial charge on any atom is -0.458 e. The maximum atomic E-state index is 14.1. The number of Topliss-reactive ketones (excluding diaryl/α,β-unsaturated/α-hetero) is 1. The van der Waals surface area contributed by atoms with Gasteiger partial charge < -0.3 is 38.6 Å². The molecule has 5 heterocycles. The fourth-order valence-corrected chi connectivity index (χ4v) is 15.2. The third kappa shape index (κ3) is 9.80. The van der Waals surface area contributed by atoms with Gasteiger partial charge in [-0.05, 0) is 170 Å². The van der Waals surface area contributed by atoms with E-state index in [0.717, 1.165) is 99.6 Å². The van der Waals surface area contributed by atoms with Crippen molar-refractivity contribution in [1.29, 1.82) is 0 Å². The summed E-state index contributed by atoms with van der Waals surface area (Å²) in [7, 11) is 6.08. The molecule has 424 valence electrons. The molecule has 1 unspecified atom stereocenters. The molecule has 3 aliphatic heterocycles. The van der Waals surface area contributed by atoms with Crippen LogP contribution in [-0.2, 0) is 53.9 Å². The van der Waals surface area contributed by atoms with Crippen LogP contribution in [-0.4, -0.2) is 124 Å². The first kappa shape index (κ1) is 55.4. The van der Waals surface area contributed by atoms with Crippen molar-refractivity contribution in [3.8, 4) is 17.1 Å². The Kier molecular flexibility index (Phi) is 15.1. The van der Waals surface area contributed by atoms with Gasteiger partial charge in [-0.1, -0.05) is 37.5 Å². The molecular weight excluding hydrogens is 1010 g/mol. The molecule has 16 heteroatoms. The number of piperazine rings is 1. The number of ketones is 2. The molecule has 4 aromatic rings. The topological polar surface area (TPSA) is 181 Å². The highest BCUT2D eigenvalue weighted by atomic mass is 16.6. The Morgan fingerprint density at radius 2 is 1.69 bits per heavy atom. The molecule has 0 spiro atoms. The predicted octanol–water partition coefficient (Wildman–Crippen LogP) is 9.13. The number of carbonyl (C=O) groups excluding carboxylic acids is 5. The van der Waals surface area contributed by atoms with Crippen LogP contribution in [0, 0.1) is 17.8 Å². The van der Waals surface area contributed by atoms with Crippen molar-refractivity contribution >= 4 is 46.2 Å². The van der Waals surface area contributed by atoms with Crippen LogP contribution in [0.5, 0.6) is 5.75 Å². The van der Waals surface area contributed by atoms with Gasteiger partial charge in [0.25, 0.3) is 5.56 Å². The van der Waals surface area contributed by atoms with Gasteiger partial charge in [0.1, 0.15) is 12.4 Å². The van der Waals surface area contributed by atoms with Gasteiger partial charge in [-0.15, -0.1) is 0 Å². The molecule has 0 radical (unpaired) electrons. The maximum Gasteiger partial charge on any atom is 0.415 e. The normalized spacial score (nSPS) is 26.9. The number of hydrogen-bond donors (Lipinski definition) is 1. The maximum absolute atomic E-state index is 14.1. The number of aromatic nitrogens is 2. The van der Waals surface area contributed by atoms with Crippen molar-refractivity contribution in [2.75, 3.05) is 52.2 Å². The highest BCUT2D eigenvalue weighted by Gasteiger charge is 2.60. The standard InChI is InChI=1S/C64H78N6O10/c1-9-63(77)53-31-56-59-43(34-70(56)60(74)52(53)36-78-61(63)75)29-50-51(35-66(6)7)57(23-22-55(50)65-59)79-62(76)69-33-37(2)68(32-38(69)3)27-13-11-10-12-26-67(8)44-17-14-41(15-18-44)49-30-54-47(24-25-64(54,39(4)71)80-40(5)72)48-20-16-42-28-45(73)19-21-46(42)58(48)49/h14-15,17-18,22-23,28-29,31,37-38,47-49,54,77H,9-13,16,19-21,24-27,30,32-36H2,1-8H3/t37-,38+,47-,48-,49+,54?,63-,64-/m0/s1. The second-order valence-corrected chi connectivity index (χ2v) is 24.4. The van der Waals surface area contributed by atoms with Crippen molar-refractivity contribution in [3.63, 3.8) is 0 Å². The molecule has 16 nitrogen and oxygen atoms in total. The number of anilines is 1. The van der Waals surface area contributed by atoms with Gasteiger partial charge in [-0.3, -0.25) is 24.1 Å². The number of rotatable bonds is 15. The number of nitrogens with zero attached hydrogens (tertiary/aromatic N) is 6. The number of hydrogen-bond acceptors (Lipinski definition) is 14. The minimum absolute atomic E-state index is 0.0436. The molecule has 2 saturated carbocycles. The average molecular weight is 1090 g/mol. The third-order valence-corrected chi connectivity index (χ3v) is 19.3. The zero-order valence-electron chi connectivity index (χ0n) is 47.9. The number of unbranched alkanes of at least 4 members (excludes halogenated alkanes) is 3. The highest BCUT2D eigenvalue weighted by Crippen LogP contribution is 2.62. The van der Waals surface area contributed by atoms with E-state index in [2.05, 4.69) is 55.0 Å². The molecule has 8 atom stereocenters. The van der Waals surface area contributed by atoms with E-state index >= 15 is 0 Å². The fraction of sp³-hybridized carbons (Fsp3) is 0.547.